The molecule has 7 aromatic rings. The summed E-state index contributed by atoms with van der Waals surface area (Å²) in [5, 5.41) is 9.85. The van der Waals surface area contributed by atoms with E-state index in [0.717, 1.165) is 92.9 Å². The Balaban J connectivity index is 0.865. The Labute approximate surface area is 400 Å². The number of aromatic nitrogens is 4. The van der Waals surface area contributed by atoms with Crippen molar-refractivity contribution in [3.63, 3.8) is 0 Å². The van der Waals surface area contributed by atoms with Gasteiger partial charge >= 0.3 is 12.2 Å². The molecule has 69 heavy (non-hydrogen) atoms. The molecule has 15 heteroatoms. The van der Waals surface area contributed by atoms with Crippen LogP contribution in [-0.2, 0) is 30.3 Å². The Hall–Kier alpha value is -7.26. The molecule has 2 saturated heterocycles. The number of nitrogens with zero attached hydrogens (tertiary/aromatic N) is 4. The van der Waals surface area contributed by atoms with Crippen LogP contribution in [0.2, 0.25) is 0 Å². The number of likely N-dealkylation sites (tertiary alicyclic amines) is 1. The summed E-state index contributed by atoms with van der Waals surface area (Å²) in [6, 6.07) is 31.0. The van der Waals surface area contributed by atoms with Crippen LogP contribution in [0.5, 0.6) is 0 Å². The van der Waals surface area contributed by atoms with E-state index in [1.807, 2.05) is 47.5 Å². The van der Waals surface area contributed by atoms with E-state index < -0.39 is 24.3 Å². The molecule has 1 aliphatic carbocycles. The maximum atomic E-state index is 14.4. The van der Waals surface area contributed by atoms with Gasteiger partial charge in [-0.2, -0.15) is 0 Å². The fourth-order valence-corrected chi connectivity index (χ4v) is 10.9. The monoisotopic (exact) mass is 930 g/mol. The van der Waals surface area contributed by atoms with E-state index in [4.69, 9.17) is 24.2 Å². The van der Waals surface area contributed by atoms with Gasteiger partial charge in [-0.3, -0.25) is 9.59 Å². The van der Waals surface area contributed by atoms with Gasteiger partial charge in [-0.25, -0.2) is 19.6 Å². The molecule has 0 spiro atoms. The molecule has 2 aliphatic heterocycles. The van der Waals surface area contributed by atoms with Crippen LogP contribution in [0.25, 0.3) is 55.0 Å². The number of unbranched alkanes of at least 4 members (excludes halogenated alkanes) is 1. The number of amides is 4. The smallest absolute Gasteiger partial charge is 0.407 e. The van der Waals surface area contributed by atoms with Crippen molar-refractivity contribution in [2.45, 2.75) is 82.6 Å². The van der Waals surface area contributed by atoms with Crippen LogP contribution in [0, 0.1) is 11.8 Å². The Morgan fingerprint density at radius 2 is 1.51 bits per heavy atom. The number of piperidine rings is 1. The Morgan fingerprint density at radius 1 is 0.812 bits per heavy atom. The van der Waals surface area contributed by atoms with Gasteiger partial charge < -0.3 is 44.6 Å². The average molecular weight is 931 g/mol. The standard InChI is InChI=1S/C54H58N8O7/c1-4-5-23-61(51(63)46(59-53(65)67-2)32-9-7-6-8-10-32)31-45-56-43-20-17-38-27-37(16-19-42(38)48(43)58-45)34-11-12-36-28-39(14-13-35(36)26-34)44-30-55-50(57-44)49-40-15-18-41(29-40)62(49)52(64)47(60-54(66)68-3)33-21-24-69-25-22-33/h6-14,16-17,19-20,26-28,30,33,40-41,46-47,49H,4-5,15,18,21-25,29,31H2,1-3H3,(H,55,57)(H,56,58)(H,59,65)(H,60,66)/t40-,41+,46+,47-,49-/m0/s1. The highest BCUT2D eigenvalue weighted by molar-refractivity contribution is 6.05. The molecule has 3 fully saturated rings. The number of hydrogen-bond acceptors (Lipinski definition) is 9. The Bertz CT molecular complexity index is 3020. The highest BCUT2D eigenvalue weighted by Crippen LogP contribution is 2.50. The van der Waals surface area contributed by atoms with Crippen molar-refractivity contribution >= 4 is 56.6 Å². The number of H-pyrrole nitrogens is 2. The van der Waals surface area contributed by atoms with Gasteiger partial charge in [0.15, 0.2) is 0 Å². The number of imidazole rings is 2. The van der Waals surface area contributed by atoms with Crippen molar-refractivity contribution in [3.8, 4) is 22.4 Å². The molecule has 10 rings (SSSR count). The zero-order chi connectivity index (χ0) is 47.6. The molecule has 3 aliphatic rings. The summed E-state index contributed by atoms with van der Waals surface area (Å²) in [4.78, 5) is 74.2. The van der Waals surface area contributed by atoms with Crippen molar-refractivity contribution in [2.75, 3.05) is 34.0 Å². The minimum absolute atomic E-state index is 0.0304. The number of hydrogen-bond donors (Lipinski definition) is 4. The first-order chi connectivity index (χ1) is 33.7. The number of carbonyl (C=O) groups is 4. The van der Waals surface area contributed by atoms with Crippen molar-refractivity contribution < 1.29 is 33.4 Å². The number of methoxy groups -OCH3 is 2. The molecule has 5 atom stereocenters. The van der Waals surface area contributed by atoms with Crippen molar-refractivity contribution in [2.24, 2.45) is 11.8 Å². The number of alkyl carbamates (subject to hydrolysis) is 2. The molecule has 0 unspecified atom stereocenters. The second-order valence-corrected chi connectivity index (χ2v) is 18.6. The number of nitrogens with one attached hydrogen (secondary N) is 4. The minimum atomic E-state index is -0.911. The van der Waals surface area contributed by atoms with Gasteiger partial charge in [0.2, 0.25) is 11.8 Å². The SMILES string of the molecule is CCCCN(Cc1nc2c(ccc3cc(-c4ccc5cc(-c6cnc([C@@H]7[C@H]8CC[C@H](C8)N7C(=O)[C@@H](NC(=O)OC)C7CCOCC7)[nH]6)ccc5c4)ccc32)[nH]1)C(=O)[C@H](NC(=O)OC)c1ccccc1. The fourth-order valence-electron chi connectivity index (χ4n) is 10.9. The molecule has 4 amide bonds. The molecular formula is C54H58N8O7. The van der Waals surface area contributed by atoms with E-state index in [-0.39, 0.29) is 36.4 Å². The molecule has 0 radical (unpaired) electrons. The number of fused-ring (bicyclic) bond motifs is 6. The largest absolute Gasteiger partial charge is 0.453 e. The van der Waals surface area contributed by atoms with Crippen molar-refractivity contribution in [3.05, 3.63) is 120 Å². The maximum absolute atomic E-state index is 14.4. The predicted molar refractivity (Wildman–Crippen MR) is 263 cm³/mol. The summed E-state index contributed by atoms with van der Waals surface area (Å²) in [6.07, 6.45) is 6.57. The van der Waals surface area contributed by atoms with Gasteiger partial charge in [-0.05, 0) is 107 Å². The van der Waals surface area contributed by atoms with Crippen molar-refractivity contribution in [1.82, 2.24) is 40.4 Å². The number of benzene rings is 5. The van der Waals surface area contributed by atoms with E-state index in [1.54, 1.807) is 4.90 Å². The summed E-state index contributed by atoms with van der Waals surface area (Å²) < 4.78 is 15.4. The van der Waals surface area contributed by atoms with Gasteiger partial charge in [-0.15, -0.1) is 0 Å². The molecule has 2 aromatic heterocycles. The second-order valence-electron chi connectivity index (χ2n) is 18.6. The number of carbonyl (C=O) groups excluding carboxylic acids is 4. The van der Waals surface area contributed by atoms with E-state index in [1.165, 1.54) is 14.2 Å². The highest BCUT2D eigenvalue weighted by atomic mass is 16.5. The quantitative estimate of drug-likeness (QED) is 0.0826. The number of rotatable bonds is 14. The van der Waals surface area contributed by atoms with Gasteiger partial charge in [0.05, 0.1) is 49.7 Å². The van der Waals surface area contributed by atoms with Crippen LogP contribution in [0.15, 0.2) is 103 Å². The Morgan fingerprint density at radius 3 is 2.26 bits per heavy atom. The molecule has 2 bridgehead atoms. The summed E-state index contributed by atoms with van der Waals surface area (Å²) in [5.41, 5.74) is 6.42. The first-order valence-corrected chi connectivity index (χ1v) is 24.1. The van der Waals surface area contributed by atoms with Crippen LogP contribution in [0.1, 0.15) is 81.2 Å². The van der Waals surface area contributed by atoms with Crippen molar-refractivity contribution in [1.29, 1.82) is 0 Å². The molecule has 1 saturated carbocycles. The molecule has 15 nitrogen and oxygen atoms in total. The maximum Gasteiger partial charge on any atom is 0.407 e. The predicted octanol–water partition coefficient (Wildman–Crippen LogP) is 9.36. The van der Waals surface area contributed by atoms with Crippen LogP contribution < -0.4 is 10.6 Å². The molecule has 4 N–H and O–H groups in total. The minimum Gasteiger partial charge on any atom is -0.453 e. The second kappa shape index (κ2) is 19.8. The van der Waals surface area contributed by atoms with E-state index in [2.05, 4.69) is 88.2 Å². The van der Waals surface area contributed by atoms with E-state index >= 15 is 0 Å². The van der Waals surface area contributed by atoms with Gasteiger partial charge in [0.1, 0.15) is 23.7 Å². The first-order valence-electron chi connectivity index (χ1n) is 24.1. The third kappa shape index (κ3) is 9.22. The lowest BCUT2D eigenvalue weighted by atomic mass is 9.89. The third-order valence-electron chi connectivity index (χ3n) is 14.4. The van der Waals surface area contributed by atoms with Crippen LogP contribution in [-0.4, -0.2) is 99.8 Å². The molecule has 4 heterocycles. The van der Waals surface area contributed by atoms with Gasteiger partial charge in [0, 0.05) is 36.8 Å². The fraction of sp³-hybridized carbons (Fsp3) is 0.370. The highest BCUT2D eigenvalue weighted by Gasteiger charge is 2.52. The first kappa shape index (κ1) is 45.5. The molecule has 356 valence electrons. The van der Waals surface area contributed by atoms with Crippen LogP contribution >= 0.6 is 0 Å². The lowest BCUT2D eigenvalue weighted by Gasteiger charge is -2.39. The summed E-state index contributed by atoms with van der Waals surface area (Å²) in [5.74, 6) is 1.38. The van der Waals surface area contributed by atoms with Gasteiger partial charge in [0.25, 0.3) is 0 Å². The zero-order valence-electron chi connectivity index (χ0n) is 39.2. The normalized spacial score (nSPS) is 18.9. The third-order valence-corrected chi connectivity index (χ3v) is 14.4. The van der Waals surface area contributed by atoms with Gasteiger partial charge in [-0.1, -0.05) is 86.1 Å². The van der Waals surface area contributed by atoms with Crippen LogP contribution in [0.3, 0.4) is 0 Å². The number of aromatic amines is 2. The topological polar surface area (TPSA) is 184 Å². The average Bonchev–Trinajstić information content (AvgIpc) is 4.23. The lowest BCUT2D eigenvalue weighted by Crippen LogP contribution is -2.55. The van der Waals surface area contributed by atoms with Crippen LogP contribution in [0.4, 0.5) is 9.59 Å². The molecular weight excluding hydrogens is 873 g/mol. The van der Waals surface area contributed by atoms with E-state index in [9.17, 15) is 19.2 Å². The summed E-state index contributed by atoms with van der Waals surface area (Å²) in [7, 11) is 2.61. The molecule has 5 aromatic carbocycles. The Kier molecular flexibility index (Phi) is 13.0. The summed E-state index contributed by atoms with van der Waals surface area (Å²) in [6.45, 7) is 3.95. The zero-order valence-corrected chi connectivity index (χ0v) is 39.2. The summed E-state index contributed by atoms with van der Waals surface area (Å²) >= 11 is 0. The number of ether oxygens (including phenoxy) is 3. The lowest BCUT2D eigenvalue weighted by molar-refractivity contribution is -0.140. The van der Waals surface area contributed by atoms with E-state index in [0.29, 0.717) is 49.9 Å².